The summed E-state index contributed by atoms with van der Waals surface area (Å²) in [5, 5.41) is 9.38. The van der Waals surface area contributed by atoms with E-state index >= 15 is 0 Å². The molecule has 1 aromatic carbocycles. The molecule has 1 aliphatic heterocycles. The Morgan fingerprint density at radius 2 is 2.14 bits per heavy atom. The van der Waals surface area contributed by atoms with Gasteiger partial charge in [0.2, 0.25) is 5.89 Å². The number of hydrogen-bond donors (Lipinski definition) is 1. The monoisotopic (exact) mass is 287 g/mol. The first-order chi connectivity index (χ1) is 10.2. The molecule has 0 saturated carbocycles. The minimum atomic E-state index is -1.06. The van der Waals surface area contributed by atoms with Gasteiger partial charge in [-0.1, -0.05) is 25.1 Å². The Bertz CT molecular complexity index is 635. The van der Waals surface area contributed by atoms with Crippen LogP contribution in [0.1, 0.15) is 41.9 Å². The quantitative estimate of drug-likeness (QED) is 0.933. The fourth-order valence-corrected chi connectivity index (χ4v) is 2.79. The van der Waals surface area contributed by atoms with Crippen LogP contribution in [-0.4, -0.2) is 28.8 Å². The lowest BCUT2D eigenvalue weighted by Crippen LogP contribution is -2.15. The number of oxazole rings is 1. The zero-order valence-corrected chi connectivity index (χ0v) is 11.8. The summed E-state index contributed by atoms with van der Waals surface area (Å²) in [5.41, 5.74) is 0.779. The van der Waals surface area contributed by atoms with Gasteiger partial charge in [-0.2, -0.15) is 0 Å². The molecule has 2 heterocycles. The molecule has 5 nitrogen and oxygen atoms in total. The van der Waals surface area contributed by atoms with Gasteiger partial charge in [0.25, 0.3) is 0 Å². The number of hydrogen-bond acceptors (Lipinski definition) is 4. The van der Waals surface area contributed by atoms with Gasteiger partial charge in [0.15, 0.2) is 5.69 Å². The number of ether oxygens (including phenoxy) is 1. The lowest BCUT2D eigenvalue weighted by Gasteiger charge is -2.14. The van der Waals surface area contributed by atoms with Gasteiger partial charge in [-0.25, -0.2) is 9.78 Å². The number of carbonyl (C=O) groups is 1. The highest BCUT2D eigenvalue weighted by molar-refractivity contribution is 5.87. The Morgan fingerprint density at radius 1 is 1.38 bits per heavy atom. The molecule has 1 saturated heterocycles. The summed E-state index contributed by atoms with van der Waals surface area (Å²) in [6, 6.07) is 9.33. The van der Waals surface area contributed by atoms with Crippen LogP contribution in [-0.2, 0) is 4.74 Å². The first-order valence-electron chi connectivity index (χ1n) is 7.11. The van der Waals surface area contributed by atoms with E-state index in [9.17, 15) is 9.90 Å². The Hall–Kier alpha value is -2.14. The van der Waals surface area contributed by atoms with Crippen molar-refractivity contribution in [2.45, 2.75) is 31.8 Å². The minimum absolute atomic E-state index is 0.000302. The lowest BCUT2D eigenvalue weighted by molar-refractivity contribution is 0.0684. The van der Waals surface area contributed by atoms with Crippen molar-refractivity contribution < 1.29 is 19.1 Å². The molecule has 1 aromatic heterocycles. The molecule has 0 aliphatic carbocycles. The number of rotatable bonds is 4. The largest absolute Gasteiger partial charge is 0.476 e. The Labute approximate surface area is 122 Å². The Morgan fingerprint density at radius 3 is 2.81 bits per heavy atom. The van der Waals surface area contributed by atoms with Crippen LogP contribution in [0.2, 0.25) is 0 Å². The summed E-state index contributed by atoms with van der Waals surface area (Å²) < 4.78 is 11.4. The summed E-state index contributed by atoms with van der Waals surface area (Å²) >= 11 is 0. The normalized spacial score (nSPS) is 21.6. The maximum atomic E-state index is 11.5. The predicted molar refractivity (Wildman–Crippen MR) is 76.3 cm³/mol. The minimum Gasteiger partial charge on any atom is -0.476 e. The topological polar surface area (TPSA) is 72.6 Å². The highest BCUT2D eigenvalue weighted by Crippen LogP contribution is 2.37. The van der Waals surface area contributed by atoms with Gasteiger partial charge < -0.3 is 14.3 Å². The van der Waals surface area contributed by atoms with Gasteiger partial charge in [-0.05, 0) is 25.0 Å². The van der Waals surface area contributed by atoms with Crippen LogP contribution < -0.4 is 0 Å². The molecule has 0 bridgehead atoms. The van der Waals surface area contributed by atoms with Crippen molar-refractivity contribution >= 4 is 5.97 Å². The molecule has 2 atom stereocenters. The average Bonchev–Trinajstić information content (AvgIpc) is 3.14. The van der Waals surface area contributed by atoms with Crippen molar-refractivity contribution in [3.05, 3.63) is 41.8 Å². The average molecular weight is 287 g/mol. The van der Waals surface area contributed by atoms with E-state index in [4.69, 9.17) is 9.15 Å². The summed E-state index contributed by atoms with van der Waals surface area (Å²) in [4.78, 5) is 15.6. The number of carboxylic acids is 1. The third-order valence-electron chi connectivity index (χ3n) is 3.83. The maximum absolute atomic E-state index is 11.5. The van der Waals surface area contributed by atoms with Crippen LogP contribution in [0.15, 0.2) is 34.7 Å². The number of benzene rings is 1. The van der Waals surface area contributed by atoms with Crippen LogP contribution in [0.25, 0.3) is 11.5 Å². The van der Waals surface area contributed by atoms with E-state index in [1.54, 1.807) is 0 Å². The summed E-state index contributed by atoms with van der Waals surface area (Å²) in [6.07, 6.45) is 1.59. The van der Waals surface area contributed by atoms with Crippen molar-refractivity contribution in [3.63, 3.8) is 0 Å². The molecular weight excluding hydrogens is 270 g/mol. The van der Waals surface area contributed by atoms with E-state index < -0.39 is 5.97 Å². The molecule has 1 N–H and O–H groups in total. The molecule has 0 radical (unpaired) electrons. The van der Waals surface area contributed by atoms with Gasteiger partial charge in [-0.3, -0.25) is 0 Å². The van der Waals surface area contributed by atoms with Crippen LogP contribution in [0.4, 0.5) is 0 Å². The second-order valence-corrected chi connectivity index (χ2v) is 5.12. The van der Waals surface area contributed by atoms with E-state index in [0.29, 0.717) is 18.3 Å². The van der Waals surface area contributed by atoms with Crippen molar-refractivity contribution in [1.82, 2.24) is 4.98 Å². The molecule has 5 heteroatoms. The summed E-state index contributed by atoms with van der Waals surface area (Å²) in [7, 11) is 0. The zero-order chi connectivity index (χ0) is 14.8. The third-order valence-corrected chi connectivity index (χ3v) is 3.83. The van der Waals surface area contributed by atoms with Gasteiger partial charge in [0, 0.05) is 18.1 Å². The second kappa shape index (κ2) is 5.69. The van der Waals surface area contributed by atoms with Crippen LogP contribution in [0.5, 0.6) is 0 Å². The molecule has 1 fully saturated rings. The van der Waals surface area contributed by atoms with E-state index in [0.717, 1.165) is 18.4 Å². The van der Waals surface area contributed by atoms with Crippen molar-refractivity contribution in [2.75, 3.05) is 6.61 Å². The predicted octanol–water partition coefficient (Wildman–Crippen LogP) is 3.32. The fourth-order valence-electron chi connectivity index (χ4n) is 2.79. The van der Waals surface area contributed by atoms with Crippen LogP contribution in [0.3, 0.4) is 0 Å². The smallest absolute Gasteiger partial charge is 0.358 e. The number of carboxylic acid groups (broad SMARTS) is 1. The number of aromatic nitrogens is 1. The fraction of sp³-hybridized carbons (Fsp3) is 0.375. The highest BCUT2D eigenvalue weighted by Gasteiger charge is 2.35. The SMILES string of the molecule is CCC1OCCC1c1oc(-c2ccccc2)nc1C(=O)O. The van der Waals surface area contributed by atoms with Crippen molar-refractivity contribution in [2.24, 2.45) is 0 Å². The molecule has 2 aromatic rings. The van der Waals surface area contributed by atoms with Gasteiger partial charge in [0.1, 0.15) is 5.76 Å². The first-order valence-corrected chi connectivity index (χ1v) is 7.11. The second-order valence-electron chi connectivity index (χ2n) is 5.12. The van der Waals surface area contributed by atoms with E-state index in [1.165, 1.54) is 0 Å². The maximum Gasteiger partial charge on any atom is 0.358 e. The van der Waals surface area contributed by atoms with Gasteiger partial charge in [0.05, 0.1) is 6.10 Å². The summed E-state index contributed by atoms with van der Waals surface area (Å²) in [5.74, 6) is -0.306. The standard InChI is InChI=1S/C16H17NO4/c1-2-12-11(8-9-20-12)14-13(16(18)19)17-15(21-14)10-6-4-3-5-7-10/h3-7,11-12H,2,8-9H2,1H3,(H,18,19). The van der Waals surface area contributed by atoms with Crippen molar-refractivity contribution in [3.8, 4) is 11.5 Å². The van der Waals surface area contributed by atoms with E-state index in [-0.39, 0.29) is 17.7 Å². The first kappa shape index (κ1) is 13.8. The molecule has 0 amide bonds. The molecule has 21 heavy (non-hydrogen) atoms. The molecular formula is C16H17NO4. The van der Waals surface area contributed by atoms with Crippen LogP contribution >= 0.6 is 0 Å². The molecule has 110 valence electrons. The van der Waals surface area contributed by atoms with Gasteiger partial charge >= 0.3 is 5.97 Å². The number of nitrogens with zero attached hydrogens (tertiary/aromatic N) is 1. The Kier molecular flexibility index (Phi) is 3.75. The third kappa shape index (κ3) is 2.56. The van der Waals surface area contributed by atoms with E-state index in [1.807, 2.05) is 37.3 Å². The molecule has 1 aliphatic rings. The van der Waals surface area contributed by atoms with Gasteiger partial charge in [-0.15, -0.1) is 0 Å². The molecule has 2 unspecified atom stereocenters. The Balaban J connectivity index is 2.03. The molecule has 3 rings (SSSR count). The van der Waals surface area contributed by atoms with Crippen molar-refractivity contribution in [1.29, 1.82) is 0 Å². The van der Waals surface area contributed by atoms with Crippen LogP contribution in [0, 0.1) is 0 Å². The summed E-state index contributed by atoms with van der Waals surface area (Å²) in [6.45, 7) is 2.65. The lowest BCUT2D eigenvalue weighted by atomic mass is 9.95. The zero-order valence-electron chi connectivity index (χ0n) is 11.8. The number of aromatic carboxylic acids is 1. The highest BCUT2D eigenvalue weighted by atomic mass is 16.5. The molecule has 0 spiro atoms. The van der Waals surface area contributed by atoms with E-state index in [2.05, 4.69) is 4.98 Å².